The van der Waals surface area contributed by atoms with Gasteiger partial charge in [-0.2, -0.15) is 0 Å². The summed E-state index contributed by atoms with van der Waals surface area (Å²) in [6.45, 7) is 5.30. The van der Waals surface area contributed by atoms with Gasteiger partial charge in [0.15, 0.2) is 0 Å². The molecule has 0 aromatic carbocycles. The second kappa shape index (κ2) is 8.96. The predicted molar refractivity (Wildman–Crippen MR) is 55.3 cm³/mol. The Morgan fingerprint density at radius 2 is 2.31 bits per heavy atom. The van der Waals surface area contributed by atoms with Crippen LogP contribution >= 0.6 is 0 Å². The molecule has 1 rings (SSSR count). The van der Waals surface area contributed by atoms with E-state index >= 15 is 0 Å². The zero-order chi connectivity index (χ0) is 12.4. The summed E-state index contributed by atoms with van der Waals surface area (Å²) in [5, 5.41) is 8.16. The topological polar surface area (TPSA) is 82.1 Å². The van der Waals surface area contributed by atoms with Gasteiger partial charge in [0.2, 0.25) is 0 Å². The number of carbonyl (C=O) groups is 2. The molecule has 0 aliphatic carbocycles. The SMILES string of the molecule is CC1COC(=O)O1.CCOCCCC(=O)O. The molecule has 6 nitrogen and oxygen atoms in total. The van der Waals surface area contributed by atoms with Gasteiger partial charge in [-0.1, -0.05) is 0 Å². The molecule has 1 aliphatic rings. The van der Waals surface area contributed by atoms with Crippen molar-refractivity contribution in [2.45, 2.75) is 32.8 Å². The van der Waals surface area contributed by atoms with Crippen molar-refractivity contribution in [3.63, 3.8) is 0 Å². The Morgan fingerprint density at radius 3 is 2.62 bits per heavy atom. The van der Waals surface area contributed by atoms with Crippen LogP contribution in [0.25, 0.3) is 0 Å². The van der Waals surface area contributed by atoms with Crippen molar-refractivity contribution in [1.82, 2.24) is 0 Å². The summed E-state index contributed by atoms with van der Waals surface area (Å²) < 4.78 is 13.8. The van der Waals surface area contributed by atoms with Gasteiger partial charge in [0.05, 0.1) is 0 Å². The van der Waals surface area contributed by atoms with Crippen LogP contribution in [0.5, 0.6) is 0 Å². The Kier molecular flexibility index (Phi) is 8.24. The number of rotatable bonds is 5. The number of aliphatic carboxylic acids is 1. The maximum atomic E-state index is 10.0. The number of carboxylic acid groups (broad SMARTS) is 1. The molecule has 0 saturated carbocycles. The molecular formula is C10H18O6. The Balaban J connectivity index is 0.000000288. The summed E-state index contributed by atoms with van der Waals surface area (Å²) in [7, 11) is 0. The molecule has 1 unspecified atom stereocenters. The van der Waals surface area contributed by atoms with Crippen LogP contribution in [0.2, 0.25) is 0 Å². The largest absolute Gasteiger partial charge is 0.508 e. The average Bonchev–Trinajstić information content (AvgIpc) is 2.58. The molecule has 1 aliphatic heterocycles. The van der Waals surface area contributed by atoms with Crippen LogP contribution in [-0.4, -0.2) is 43.2 Å². The van der Waals surface area contributed by atoms with Gasteiger partial charge in [-0.05, 0) is 20.3 Å². The molecule has 0 spiro atoms. The minimum Gasteiger partial charge on any atom is -0.481 e. The van der Waals surface area contributed by atoms with Gasteiger partial charge in [-0.25, -0.2) is 4.79 Å². The molecule has 0 bridgehead atoms. The summed E-state index contributed by atoms with van der Waals surface area (Å²) in [5.74, 6) is -0.755. The molecule has 16 heavy (non-hydrogen) atoms. The van der Waals surface area contributed by atoms with E-state index in [0.29, 0.717) is 26.2 Å². The number of ether oxygens (including phenoxy) is 3. The third kappa shape index (κ3) is 9.26. The first-order valence-corrected chi connectivity index (χ1v) is 5.19. The van der Waals surface area contributed by atoms with Crippen molar-refractivity contribution >= 4 is 12.1 Å². The Morgan fingerprint density at radius 1 is 1.62 bits per heavy atom. The van der Waals surface area contributed by atoms with Gasteiger partial charge in [-0.3, -0.25) is 4.79 Å². The van der Waals surface area contributed by atoms with Crippen molar-refractivity contribution in [2.75, 3.05) is 19.8 Å². The van der Waals surface area contributed by atoms with Crippen molar-refractivity contribution < 1.29 is 28.9 Å². The molecule has 1 N–H and O–H groups in total. The molecule has 6 heteroatoms. The van der Waals surface area contributed by atoms with Gasteiger partial charge >= 0.3 is 12.1 Å². The summed E-state index contributed by atoms with van der Waals surface area (Å²) >= 11 is 0. The van der Waals surface area contributed by atoms with Crippen molar-refractivity contribution in [1.29, 1.82) is 0 Å². The number of carboxylic acids is 1. The fraction of sp³-hybridized carbons (Fsp3) is 0.800. The van der Waals surface area contributed by atoms with Crippen LogP contribution < -0.4 is 0 Å². The molecule has 1 atom stereocenters. The number of hydrogen-bond acceptors (Lipinski definition) is 5. The molecule has 0 aromatic heterocycles. The fourth-order valence-electron chi connectivity index (χ4n) is 0.887. The first-order chi connectivity index (χ1) is 7.56. The maximum Gasteiger partial charge on any atom is 0.508 e. The molecule has 0 aromatic rings. The van der Waals surface area contributed by atoms with Crippen LogP contribution in [0, 0.1) is 0 Å². The van der Waals surface area contributed by atoms with Crippen LogP contribution in [0.3, 0.4) is 0 Å². The minimum atomic E-state index is -0.755. The van der Waals surface area contributed by atoms with E-state index in [2.05, 4.69) is 9.47 Å². The van der Waals surface area contributed by atoms with Gasteiger partial charge < -0.3 is 19.3 Å². The summed E-state index contributed by atoms with van der Waals surface area (Å²) in [6, 6.07) is 0. The van der Waals surface area contributed by atoms with Gasteiger partial charge in [0.1, 0.15) is 12.7 Å². The Bertz CT molecular complexity index is 215. The third-order valence-electron chi connectivity index (χ3n) is 1.62. The monoisotopic (exact) mass is 234 g/mol. The molecule has 0 radical (unpaired) electrons. The van der Waals surface area contributed by atoms with E-state index in [1.54, 1.807) is 6.92 Å². The lowest BCUT2D eigenvalue weighted by Crippen LogP contribution is -2.01. The molecule has 1 heterocycles. The number of cyclic esters (lactones) is 2. The first kappa shape index (κ1) is 14.7. The van der Waals surface area contributed by atoms with E-state index in [4.69, 9.17) is 9.84 Å². The van der Waals surface area contributed by atoms with Crippen molar-refractivity contribution in [3.05, 3.63) is 0 Å². The van der Waals surface area contributed by atoms with Gasteiger partial charge in [-0.15, -0.1) is 0 Å². The predicted octanol–water partition coefficient (Wildman–Crippen LogP) is 1.43. The first-order valence-electron chi connectivity index (χ1n) is 5.19. The third-order valence-corrected chi connectivity index (χ3v) is 1.62. The van der Waals surface area contributed by atoms with Crippen LogP contribution in [0.1, 0.15) is 26.7 Å². The fourth-order valence-corrected chi connectivity index (χ4v) is 0.887. The Labute approximate surface area is 94.5 Å². The van der Waals surface area contributed by atoms with Gasteiger partial charge in [0.25, 0.3) is 0 Å². The zero-order valence-corrected chi connectivity index (χ0v) is 9.60. The normalized spacial score (nSPS) is 18.1. The smallest absolute Gasteiger partial charge is 0.481 e. The molecule has 1 saturated heterocycles. The highest BCUT2D eigenvalue weighted by molar-refractivity contribution is 5.66. The highest BCUT2D eigenvalue weighted by Crippen LogP contribution is 2.02. The van der Waals surface area contributed by atoms with Crippen LogP contribution in [-0.2, 0) is 19.0 Å². The maximum absolute atomic E-state index is 10.0. The van der Waals surface area contributed by atoms with E-state index < -0.39 is 12.1 Å². The quantitative estimate of drug-likeness (QED) is 0.572. The Hall–Kier alpha value is -1.30. The highest BCUT2D eigenvalue weighted by atomic mass is 16.8. The molecule has 0 amide bonds. The molecule has 94 valence electrons. The number of carbonyl (C=O) groups excluding carboxylic acids is 1. The summed E-state index contributed by atoms with van der Waals surface area (Å²) in [5.41, 5.74) is 0. The zero-order valence-electron chi connectivity index (χ0n) is 9.60. The lowest BCUT2D eigenvalue weighted by Gasteiger charge is -1.96. The number of hydrogen-bond donors (Lipinski definition) is 1. The summed E-state index contributed by atoms with van der Waals surface area (Å²) in [6.07, 6.45) is 0.225. The van der Waals surface area contributed by atoms with E-state index in [-0.39, 0.29) is 12.5 Å². The average molecular weight is 234 g/mol. The molecular weight excluding hydrogens is 216 g/mol. The second-order valence-corrected chi connectivity index (χ2v) is 3.18. The second-order valence-electron chi connectivity index (χ2n) is 3.18. The molecule has 1 fully saturated rings. The van der Waals surface area contributed by atoms with Crippen molar-refractivity contribution in [2.24, 2.45) is 0 Å². The summed E-state index contributed by atoms with van der Waals surface area (Å²) in [4.78, 5) is 19.9. The van der Waals surface area contributed by atoms with Crippen LogP contribution in [0.4, 0.5) is 4.79 Å². The lowest BCUT2D eigenvalue weighted by atomic mass is 10.3. The highest BCUT2D eigenvalue weighted by Gasteiger charge is 2.19. The van der Waals surface area contributed by atoms with E-state index in [9.17, 15) is 9.59 Å². The van der Waals surface area contributed by atoms with E-state index in [1.807, 2.05) is 6.92 Å². The van der Waals surface area contributed by atoms with E-state index in [1.165, 1.54) is 0 Å². The standard InChI is InChI=1S/C6H12O3.C4H6O3/c1-2-9-5-3-4-6(7)8;1-3-2-6-4(5)7-3/h2-5H2,1H3,(H,7,8);3H,2H2,1H3. The minimum absolute atomic E-state index is 0.0486. The van der Waals surface area contributed by atoms with Crippen LogP contribution in [0.15, 0.2) is 0 Å². The van der Waals surface area contributed by atoms with Gasteiger partial charge in [0, 0.05) is 19.6 Å². The van der Waals surface area contributed by atoms with E-state index in [0.717, 1.165) is 0 Å². The lowest BCUT2D eigenvalue weighted by molar-refractivity contribution is -0.137. The van der Waals surface area contributed by atoms with Crippen molar-refractivity contribution in [3.8, 4) is 0 Å².